The molecule has 5 nitrogen and oxygen atoms in total. The van der Waals surface area contributed by atoms with Gasteiger partial charge in [0.05, 0.1) is 0 Å². The van der Waals surface area contributed by atoms with Crippen LogP contribution in [0.2, 0.25) is 0 Å². The molecule has 5 heteroatoms. The Kier molecular flexibility index (Phi) is 5.41. The van der Waals surface area contributed by atoms with Crippen LogP contribution in [0.5, 0.6) is 0 Å². The monoisotopic (exact) mass is 284 g/mol. The van der Waals surface area contributed by atoms with Crippen molar-refractivity contribution in [1.82, 2.24) is 10.2 Å². The zero-order chi connectivity index (χ0) is 14.6. The number of rotatable bonds is 6. The second-order valence-electron chi connectivity index (χ2n) is 6.31. The summed E-state index contributed by atoms with van der Waals surface area (Å²) in [4.78, 5) is 13.9. The van der Waals surface area contributed by atoms with Crippen LogP contribution in [0.15, 0.2) is 0 Å². The highest BCUT2D eigenvalue weighted by molar-refractivity contribution is 5.79. The predicted octanol–water partition coefficient (Wildman–Crippen LogP) is 1.33. The van der Waals surface area contributed by atoms with Gasteiger partial charge in [-0.2, -0.15) is 0 Å². The molecule has 2 aliphatic rings. The standard InChI is InChI=1S/C15H28N2O3/c1-3-16-15(14(18)19)7-4-13(10-15)17(2)11-12-5-8-20-9-6-12/h12-13,16H,3-11H2,1-2H3,(H,18,19). The van der Waals surface area contributed by atoms with Crippen LogP contribution in [0.4, 0.5) is 0 Å². The average molecular weight is 284 g/mol. The molecule has 2 N–H and O–H groups in total. The Morgan fingerprint density at radius 3 is 2.70 bits per heavy atom. The number of ether oxygens (including phenoxy) is 1. The van der Waals surface area contributed by atoms with Crippen LogP contribution in [-0.4, -0.2) is 60.9 Å². The molecular formula is C15H28N2O3. The zero-order valence-corrected chi connectivity index (χ0v) is 12.7. The van der Waals surface area contributed by atoms with Gasteiger partial charge in [-0.1, -0.05) is 6.92 Å². The van der Waals surface area contributed by atoms with Crippen LogP contribution in [0.25, 0.3) is 0 Å². The molecule has 1 aliphatic carbocycles. The first-order chi connectivity index (χ1) is 9.57. The first-order valence-corrected chi connectivity index (χ1v) is 7.84. The molecule has 0 aromatic rings. The largest absolute Gasteiger partial charge is 0.480 e. The van der Waals surface area contributed by atoms with Gasteiger partial charge in [0.1, 0.15) is 5.54 Å². The molecule has 20 heavy (non-hydrogen) atoms. The SMILES string of the molecule is CCNC1(C(=O)O)CCC(N(C)CC2CCOCC2)C1. The number of hydrogen-bond acceptors (Lipinski definition) is 4. The van der Waals surface area contributed by atoms with E-state index in [2.05, 4.69) is 17.3 Å². The summed E-state index contributed by atoms with van der Waals surface area (Å²) < 4.78 is 5.40. The first-order valence-electron chi connectivity index (χ1n) is 7.84. The van der Waals surface area contributed by atoms with Crippen LogP contribution < -0.4 is 5.32 Å². The van der Waals surface area contributed by atoms with Crippen LogP contribution in [0.1, 0.15) is 39.0 Å². The van der Waals surface area contributed by atoms with E-state index >= 15 is 0 Å². The Labute approximate surface area is 121 Å². The van der Waals surface area contributed by atoms with E-state index in [1.54, 1.807) is 0 Å². The molecular weight excluding hydrogens is 256 g/mol. The molecule has 1 saturated carbocycles. The van der Waals surface area contributed by atoms with Crippen molar-refractivity contribution in [1.29, 1.82) is 0 Å². The molecule has 2 unspecified atom stereocenters. The minimum absolute atomic E-state index is 0.382. The minimum Gasteiger partial charge on any atom is -0.480 e. The van der Waals surface area contributed by atoms with E-state index in [1.165, 1.54) is 0 Å². The Morgan fingerprint density at radius 1 is 1.40 bits per heavy atom. The summed E-state index contributed by atoms with van der Waals surface area (Å²) in [5.74, 6) is 0.00836. The van der Waals surface area contributed by atoms with E-state index in [0.717, 1.165) is 51.9 Å². The van der Waals surface area contributed by atoms with Crippen molar-refractivity contribution >= 4 is 5.97 Å². The maximum Gasteiger partial charge on any atom is 0.323 e. The molecule has 0 bridgehead atoms. The van der Waals surface area contributed by atoms with E-state index in [1.807, 2.05) is 6.92 Å². The fourth-order valence-electron chi connectivity index (χ4n) is 3.65. The van der Waals surface area contributed by atoms with Gasteiger partial charge in [0.25, 0.3) is 0 Å². The lowest BCUT2D eigenvalue weighted by Crippen LogP contribution is -2.51. The second-order valence-corrected chi connectivity index (χ2v) is 6.31. The highest BCUT2D eigenvalue weighted by Gasteiger charge is 2.46. The van der Waals surface area contributed by atoms with Crippen LogP contribution in [0, 0.1) is 5.92 Å². The topological polar surface area (TPSA) is 61.8 Å². The first kappa shape index (κ1) is 15.7. The number of aliphatic carboxylic acids is 1. The van der Waals surface area contributed by atoms with Crippen molar-refractivity contribution in [3.63, 3.8) is 0 Å². The third kappa shape index (κ3) is 3.51. The molecule has 0 spiro atoms. The Morgan fingerprint density at radius 2 is 2.10 bits per heavy atom. The third-order valence-corrected chi connectivity index (χ3v) is 4.92. The van der Waals surface area contributed by atoms with E-state index in [4.69, 9.17) is 4.74 Å². The van der Waals surface area contributed by atoms with Gasteiger partial charge < -0.3 is 20.1 Å². The third-order valence-electron chi connectivity index (χ3n) is 4.92. The van der Waals surface area contributed by atoms with E-state index in [0.29, 0.717) is 18.5 Å². The normalized spacial score (nSPS) is 31.9. The molecule has 0 radical (unpaired) electrons. The van der Waals surface area contributed by atoms with Crippen molar-refractivity contribution in [3.05, 3.63) is 0 Å². The minimum atomic E-state index is -0.705. The summed E-state index contributed by atoms with van der Waals surface area (Å²) in [6.07, 6.45) is 4.69. The van der Waals surface area contributed by atoms with E-state index in [9.17, 15) is 9.90 Å². The summed E-state index contributed by atoms with van der Waals surface area (Å²) in [5.41, 5.74) is -0.705. The smallest absolute Gasteiger partial charge is 0.323 e. The number of likely N-dealkylation sites (N-methyl/N-ethyl adjacent to an activating group) is 1. The maximum atomic E-state index is 11.6. The Bertz CT molecular complexity index is 331. The maximum absolute atomic E-state index is 11.6. The number of carboxylic acids is 1. The molecule has 116 valence electrons. The highest BCUT2D eigenvalue weighted by atomic mass is 16.5. The van der Waals surface area contributed by atoms with Gasteiger partial charge in [-0.3, -0.25) is 4.79 Å². The summed E-state index contributed by atoms with van der Waals surface area (Å²) in [7, 11) is 2.14. The number of nitrogens with zero attached hydrogens (tertiary/aromatic N) is 1. The molecule has 1 saturated heterocycles. The summed E-state index contributed by atoms with van der Waals surface area (Å²) in [5, 5.41) is 12.7. The molecule has 2 fully saturated rings. The van der Waals surface area contributed by atoms with Gasteiger partial charge >= 0.3 is 5.97 Å². The van der Waals surface area contributed by atoms with Crippen molar-refractivity contribution < 1.29 is 14.6 Å². The quantitative estimate of drug-likeness (QED) is 0.770. The fraction of sp³-hybridized carbons (Fsp3) is 0.933. The molecule has 1 aliphatic heterocycles. The summed E-state index contributed by atoms with van der Waals surface area (Å²) >= 11 is 0. The molecule has 2 atom stereocenters. The van der Waals surface area contributed by atoms with Crippen LogP contribution in [0.3, 0.4) is 0 Å². The second kappa shape index (κ2) is 6.87. The van der Waals surface area contributed by atoms with Crippen molar-refractivity contribution in [3.8, 4) is 0 Å². The molecule has 2 rings (SSSR count). The van der Waals surface area contributed by atoms with Gasteiger partial charge in [0.2, 0.25) is 0 Å². The van der Waals surface area contributed by atoms with Crippen molar-refractivity contribution in [2.45, 2.75) is 50.6 Å². The lowest BCUT2D eigenvalue weighted by atomic mass is 9.96. The van der Waals surface area contributed by atoms with Gasteiger partial charge in [-0.05, 0) is 51.6 Å². The van der Waals surface area contributed by atoms with Crippen LogP contribution >= 0.6 is 0 Å². The lowest BCUT2D eigenvalue weighted by molar-refractivity contribution is -0.144. The summed E-state index contributed by atoms with van der Waals surface area (Å²) in [6, 6.07) is 0.382. The lowest BCUT2D eigenvalue weighted by Gasteiger charge is -2.32. The highest BCUT2D eigenvalue weighted by Crippen LogP contribution is 2.33. The van der Waals surface area contributed by atoms with Gasteiger partial charge in [0.15, 0.2) is 0 Å². The van der Waals surface area contributed by atoms with Crippen molar-refractivity contribution in [2.24, 2.45) is 5.92 Å². The Balaban J connectivity index is 1.88. The zero-order valence-electron chi connectivity index (χ0n) is 12.7. The fourth-order valence-corrected chi connectivity index (χ4v) is 3.65. The van der Waals surface area contributed by atoms with Gasteiger partial charge in [-0.25, -0.2) is 0 Å². The Hall–Kier alpha value is -0.650. The number of carboxylic acid groups (broad SMARTS) is 1. The predicted molar refractivity (Wildman–Crippen MR) is 77.9 cm³/mol. The molecule has 0 amide bonds. The number of hydrogen-bond donors (Lipinski definition) is 2. The van der Waals surface area contributed by atoms with Crippen LogP contribution in [-0.2, 0) is 9.53 Å². The molecule has 0 aromatic carbocycles. The van der Waals surface area contributed by atoms with Gasteiger partial charge in [-0.15, -0.1) is 0 Å². The van der Waals surface area contributed by atoms with Gasteiger partial charge in [0, 0.05) is 25.8 Å². The summed E-state index contributed by atoms with van der Waals surface area (Å²) in [6.45, 7) is 5.50. The molecule has 1 heterocycles. The molecule has 0 aromatic heterocycles. The van der Waals surface area contributed by atoms with Crippen molar-refractivity contribution in [2.75, 3.05) is 33.4 Å². The number of nitrogens with one attached hydrogen (secondary N) is 1. The average Bonchev–Trinajstić information content (AvgIpc) is 2.86. The van der Waals surface area contributed by atoms with E-state index < -0.39 is 11.5 Å². The number of carbonyl (C=O) groups is 1. The van der Waals surface area contributed by atoms with E-state index in [-0.39, 0.29) is 0 Å².